The van der Waals surface area contributed by atoms with E-state index in [9.17, 15) is 0 Å². The number of nitrogens with two attached hydrogens (primary N) is 1. The Labute approximate surface area is 123 Å². The number of aliphatic imine (C=N–C) groups is 1. The van der Waals surface area contributed by atoms with Crippen molar-refractivity contribution in [3.8, 4) is 0 Å². The van der Waals surface area contributed by atoms with Gasteiger partial charge in [-0.15, -0.1) is 0 Å². The van der Waals surface area contributed by atoms with Crippen molar-refractivity contribution >= 4 is 5.96 Å². The lowest BCUT2D eigenvalue weighted by molar-refractivity contribution is -0.00688. The van der Waals surface area contributed by atoms with Crippen molar-refractivity contribution in [2.75, 3.05) is 45.9 Å². The van der Waals surface area contributed by atoms with Gasteiger partial charge < -0.3 is 15.4 Å². The predicted octanol–water partition coefficient (Wildman–Crippen LogP) is 1.14. The molecule has 2 heterocycles. The zero-order valence-corrected chi connectivity index (χ0v) is 13.3. The lowest BCUT2D eigenvalue weighted by Crippen LogP contribution is -2.52. The smallest absolute Gasteiger partial charge is 0.191 e. The van der Waals surface area contributed by atoms with Gasteiger partial charge in [-0.3, -0.25) is 9.89 Å². The van der Waals surface area contributed by atoms with E-state index in [0.29, 0.717) is 0 Å². The molecule has 2 N–H and O–H groups in total. The van der Waals surface area contributed by atoms with Gasteiger partial charge in [-0.05, 0) is 32.6 Å². The lowest BCUT2D eigenvalue weighted by Gasteiger charge is -2.40. The number of hydrogen-bond donors (Lipinski definition) is 1. The van der Waals surface area contributed by atoms with E-state index in [-0.39, 0.29) is 5.54 Å². The molecular formula is C15H30N4O. The van der Waals surface area contributed by atoms with E-state index < -0.39 is 0 Å². The van der Waals surface area contributed by atoms with E-state index in [1.807, 2.05) is 0 Å². The van der Waals surface area contributed by atoms with E-state index >= 15 is 0 Å². The highest BCUT2D eigenvalue weighted by atomic mass is 16.5. The van der Waals surface area contributed by atoms with Crippen LogP contribution in [-0.2, 0) is 4.74 Å². The molecule has 0 aliphatic carbocycles. The third-order valence-electron chi connectivity index (χ3n) is 4.60. The van der Waals surface area contributed by atoms with Crippen LogP contribution in [-0.4, -0.2) is 67.2 Å². The van der Waals surface area contributed by atoms with Crippen molar-refractivity contribution in [1.29, 1.82) is 0 Å². The first-order valence-corrected chi connectivity index (χ1v) is 7.87. The molecule has 0 atom stereocenters. The molecule has 116 valence electrons. The summed E-state index contributed by atoms with van der Waals surface area (Å²) in [6.07, 6.45) is 2.45. The Morgan fingerprint density at radius 1 is 1.20 bits per heavy atom. The summed E-state index contributed by atoms with van der Waals surface area (Å²) in [5, 5.41) is 0. The molecule has 0 unspecified atom stereocenters. The maximum atomic E-state index is 6.16. The molecule has 20 heavy (non-hydrogen) atoms. The van der Waals surface area contributed by atoms with Gasteiger partial charge in [-0.25, -0.2) is 0 Å². The van der Waals surface area contributed by atoms with Crippen LogP contribution in [0.2, 0.25) is 0 Å². The third kappa shape index (κ3) is 4.09. The normalized spacial score (nSPS) is 24.1. The fraction of sp³-hybridized carbons (Fsp3) is 0.933. The van der Waals surface area contributed by atoms with Crippen molar-refractivity contribution in [1.82, 2.24) is 9.80 Å². The highest BCUT2D eigenvalue weighted by Gasteiger charge is 2.28. The minimum absolute atomic E-state index is 0.0531. The van der Waals surface area contributed by atoms with E-state index in [1.54, 1.807) is 0 Å². The molecule has 2 fully saturated rings. The van der Waals surface area contributed by atoms with Crippen molar-refractivity contribution in [3.05, 3.63) is 0 Å². The van der Waals surface area contributed by atoms with E-state index in [0.717, 1.165) is 57.8 Å². The molecule has 0 bridgehead atoms. The van der Waals surface area contributed by atoms with Crippen molar-refractivity contribution < 1.29 is 4.74 Å². The Morgan fingerprint density at radius 2 is 1.80 bits per heavy atom. The summed E-state index contributed by atoms with van der Waals surface area (Å²) in [5.74, 6) is 1.54. The highest BCUT2D eigenvalue weighted by molar-refractivity contribution is 5.78. The molecule has 2 rings (SSSR count). The van der Waals surface area contributed by atoms with Gasteiger partial charge in [-0.2, -0.15) is 0 Å². The second-order valence-electron chi connectivity index (χ2n) is 6.76. The minimum atomic E-state index is 0.0531. The maximum absolute atomic E-state index is 6.16. The van der Waals surface area contributed by atoms with Crippen LogP contribution in [0, 0.1) is 5.92 Å². The molecule has 0 aromatic carbocycles. The first-order chi connectivity index (χ1) is 9.49. The van der Waals surface area contributed by atoms with Gasteiger partial charge in [0, 0.05) is 31.7 Å². The number of hydrogen-bond acceptors (Lipinski definition) is 3. The van der Waals surface area contributed by atoms with E-state index in [2.05, 4.69) is 35.6 Å². The van der Waals surface area contributed by atoms with Crippen LogP contribution in [0.25, 0.3) is 0 Å². The quantitative estimate of drug-likeness (QED) is 0.623. The minimum Gasteiger partial charge on any atom is -0.379 e. The Bertz CT molecular complexity index is 329. The van der Waals surface area contributed by atoms with E-state index in [1.165, 1.54) is 12.8 Å². The van der Waals surface area contributed by atoms with Crippen LogP contribution in [0.1, 0.15) is 33.6 Å². The Kier molecular flexibility index (Phi) is 5.27. The van der Waals surface area contributed by atoms with Gasteiger partial charge in [0.05, 0.1) is 19.8 Å². The third-order valence-corrected chi connectivity index (χ3v) is 4.60. The molecule has 0 radical (unpaired) electrons. The molecular weight excluding hydrogens is 252 g/mol. The summed E-state index contributed by atoms with van der Waals surface area (Å²) < 4.78 is 5.42. The number of rotatable bonds is 3. The van der Waals surface area contributed by atoms with Gasteiger partial charge >= 0.3 is 0 Å². The standard InChI is InChI=1S/C15H30N4O/c1-13-4-6-18(7-5-13)14(16)17-12-15(2,3)19-8-10-20-11-9-19/h13H,4-12H2,1-3H3,(H2,16,17). The summed E-state index contributed by atoms with van der Waals surface area (Å²) in [7, 11) is 0. The van der Waals surface area contributed by atoms with Crippen LogP contribution in [0.5, 0.6) is 0 Å². The second kappa shape index (κ2) is 6.76. The predicted molar refractivity (Wildman–Crippen MR) is 82.9 cm³/mol. The van der Waals surface area contributed by atoms with Crippen LogP contribution in [0.15, 0.2) is 4.99 Å². The van der Waals surface area contributed by atoms with Gasteiger partial charge in [0.15, 0.2) is 5.96 Å². The second-order valence-corrected chi connectivity index (χ2v) is 6.76. The molecule has 2 aliphatic rings. The monoisotopic (exact) mass is 282 g/mol. The van der Waals surface area contributed by atoms with Crippen LogP contribution in [0.3, 0.4) is 0 Å². The zero-order chi connectivity index (χ0) is 14.6. The first kappa shape index (κ1) is 15.6. The molecule has 0 aromatic rings. The van der Waals surface area contributed by atoms with E-state index in [4.69, 9.17) is 10.5 Å². The number of piperidine rings is 1. The maximum Gasteiger partial charge on any atom is 0.191 e. The average molecular weight is 282 g/mol. The largest absolute Gasteiger partial charge is 0.379 e. The Balaban J connectivity index is 1.86. The number of morpholine rings is 1. The Hall–Kier alpha value is -0.810. The zero-order valence-electron chi connectivity index (χ0n) is 13.3. The molecule has 2 saturated heterocycles. The first-order valence-electron chi connectivity index (χ1n) is 7.87. The number of ether oxygens (including phenoxy) is 1. The van der Waals surface area contributed by atoms with Crippen LogP contribution < -0.4 is 5.73 Å². The summed E-state index contributed by atoms with van der Waals surface area (Å²) in [6.45, 7) is 13.3. The summed E-state index contributed by atoms with van der Waals surface area (Å²) in [6, 6.07) is 0. The molecule has 0 spiro atoms. The van der Waals surface area contributed by atoms with Gasteiger partial charge in [0.1, 0.15) is 0 Å². The van der Waals surface area contributed by atoms with Crippen LogP contribution >= 0.6 is 0 Å². The van der Waals surface area contributed by atoms with Crippen molar-refractivity contribution in [2.45, 2.75) is 39.2 Å². The fourth-order valence-corrected chi connectivity index (χ4v) is 2.88. The topological polar surface area (TPSA) is 54.1 Å². The lowest BCUT2D eigenvalue weighted by atomic mass is 9.99. The molecule has 0 aromatic heterocycles. The highest BCUT2D eigenvalue weighted by Crippen LogP contribution is 2.18. The molecule has 5 heteroatoms. The number of nitrogens with zero attached hydrogens (tertiary/aromatic N) is 3. The van der Waals surface area contributed by atoms with Crippen molar-refractivity contribution in [2.24, 2.45) is 16.6 Å². The molecule has 2 aliphatic heterocycles. The number of likely N-dealkylation sites (tertiary alicyclic amines) is 1. The SMILES string of the molecule is CC1CCN(C(N)=NCC(C)(C)N2CCOCC2)CC1. The number of guanidine groups is 1. The fourth-order valence-electron chi connectivity index (χ4n) is 2.88. The summed E-state index contributed by atoms with van der Waals surface area (Å²) >= 11 is 0. The summed E-state index contributed by atoms with van der Waals surface area (Å²) in [4.78, 5) is 9.34. The summed E-state index contributed by atoms with van der Waals surface area (Å²) in [5.41, 5.74) is 6.22. The van der Waals surface area contributed by atoms with Gasteiger partial charge in [0.2, 0.25) is 0 Å². The van der Waals surface area contributed by atoms with Crippen molar-refractivity contribution in [3.63, 3.8) is 0 Å². The van der Waals surface area contributed by atoms with Crippen LogP contribution in [0.4, 0.5) is 0 Å². The average Bonchev–Trinajstić information content (AvgIpc) is 2.46. The van der Waals surface area contributed by atoms with Gasteiger partial charge in [-0.1, -0.05) is 6.92 Å². The molecule has 5 nitrogen and oxygen atoms in total. The molecule has 0 amide bonds. The van der Waals surface area contributed by atoms with Gasteiger partial charge in [0.25, 0.3) is 0 Å². The Morgan fingerprint density at radius 3 is 2.40 bits per heavy atom. The molecule has 0 saturated carbocycles.